The predicted molar refractivity (Wildman–Crippen MR) is 88.8 cm³/mol. The first-order chi connectivity index (χ1) is 11.4. The second-order valence-electron chi connectivity index (χ2n) is 5.79. The molecule has 0 aliphatic heterocycles. The second-order valence-corrected chi connectivity index (χ2v) is 5.79. The highest BCUT2D eigenvalue weighted by atomic mass is 16.7. The molecule has 0 saturated carbocycles. The minimum absolute atomic E-state index is 0.0480. The second kappa shape index (κ2) is 6.24. The molecule has 2 aromatic heterocycles. The standard InChI is InChI=1S/C18H20N2O4/c1-3-6-15-11(2)19-17(20-15)12-9-16(24-10-12)13-7-4-5-8-14(13)18(21,22)23/h4-5,7-10,21-23H,3,6H2,1-2H3,(H,19,20). The zero-order chi connectivity index (χ0) is 17.3. The number of aryl methyl sites for hydroxylation is 2. The smallest absolute Gasteiger partial charge is 0.305 e. The van der Waals surface area contributed by atoms with Crippen molar-refractivity contribution < 1.29 is 19.7 Å². The molecule has 6 heteroatoms. The molecule has 6 nitrogen and oxygen atoms in total. The largest absolute Gasteiger partial charge is 0.464 e. The molecule has 1 aromatic carbocycles. The zero-order valence-corrected chi connectivity index (χ0v) is 13.6. The highest BCUT2D eigenvalue weighted by molar-refractivity contribution is 5.69. The van der Waals surface area contributed by atoms with E-state index in [1.54, 1.807) is 30.5 Å². The topological polar surface area (TPSA) is 103 Å². The summed E-state index contributed by atoms with van der Waals surface area (Å²) in [5, 5.41) is 28.5. The fourth-order valence-corrected chi connectivity index (χ4v) is 2.71. The molecule has 0 spiro atoms. The van der Waals surface area contributed by atoms with Crippen molar-refractivity contribution in [2.75, 3.05) is 0 Å². The Balaban J connectivity index is 1.99. The van der Waals surface area contributed by atoms with Crippen LogP contribution in [0.4, 0.5) is 0 Å². The minimum Gasteiger partial charge on any atom is -0.464 e. The van der Waals surface area contributed by atoms with Crippen LogP contribution in [0.25, 0.3) is 22.7 Å². The average molecular weight is 328 g/mol. The van der Waals surface area contributed by atoms with E-state index in [2.05, 4.69) is 16.9 Å². The van der Waals surface area contributed by atoms with E-state index in [1.165, 1.54) is 6.07 Å². The van der Waals surface area contributed by atoms with Crippen LogP contribution in [-0.4, -0.2) is 25.3 Å². The average Bonchev–Trinajstić information content (AvgIpc) is 3.14. The van der Waals surface area contributed by atoms with E-state index in [1.807, 2.05) is 6.92 Å². The fourth-order valence-electron chi connectivity index (χ4n) is 2.71. The Kier molecular flexibility index (Phi) is 4.28. The summed E-state index contributed by atoms with van der Waals surface area (Å²) in [5.41, 5.74) is 3.15. The molecule has 0 saturated heterocycles. The highest BCUT2D eigenvalue weighted by Crippen LogP contribution is 2.33. The van der Waals surface area contributed by atoms with Crippen molar-refractivity contribution in [3.63, 3.8) is 0 Å². The van der Waals surface area contributed by atoms with Crippen LogP contribution in [0, 0.1) is 6.92 Å². The summed E-state index contributed by atoms with van der Waals surface area (Å²) >= 11 is 0. The van der Waals surface area contributed by atoms with Crippen molar-refractivity contribution in [2.24, 2.45) is 0 Å². The first-order valence-electron chi connectivity index (χ1n) is 7.81. The fraction of sp³-hybridized carbons (Fsp3) is 0.278. The Labute approximate surface area is 139 Å². The molecule has 0 aliphatic rings. The van der Waals surface area contributed by atoms with Crippen LogP contribution in [0.2, 0.25) is 0 Å². The maximum Gasteiger partial charge on any atom is 0.305 e. The van der Waals surface area contributed by atoms with Gasteiger partial charge in [0.1, 0.15) is 17.8 Å². The van der Waals surface area contributed by atoms with E-state index in [9.17, 15) is 15.3 Å². The maximum atomic E-state index is 9.50. The third-order valence-electron chi connectivity index (χ3n) is 3.90. The lowest BCUT2D eigenvalue weighted by Gasteiger charge is -2.17. The summed E-state index contributed by atoms with van der Waals surface area (Å²) in [5.74, 6) is -1.82. The van der Waals surface area contributed by atoms with E-state index in [0.717, 1.165) is 29.8 Å². The van der Waals surface area contributed by atoms with Gasteiger partial charge in [0.05, 0.1) is 16.8 Å². The molecule has 24 heavy (non-hydrogen) atoms. The van der Waals surface area contributed by atoms with Gasteiger partial charge in [-0.2, -0.15) is 0 Å². The van der Waals surface area contributed by atoms with Crippen LogP contribution in [0.5, 0.6) is 0 Å². The summed E-state index contributed by atoms with van der Waals surface area (Å²) in [6, 6.07) is 8.15. The van der Waals surface area contributed by atoms with Crippen molar-refractivity contribution in [3.05, 3.63) is 53.5 Å². The molecular weight excluding hydrogens is 308 g/mol. The summed E-state index contributed by atoms with van der Waals surface area (Å²) in [4.78, 5) is 7.82. The molecule has 3 rings (SSSR count). The number of hydrogen-bond acceptors (Lipinski definition) is 5. The van der Waals surface area contributed by atoms with Crippen molar-refractivity contribution in [1.82, 2.24) is 9.97 Å². The Hall–Kier alpha value is -2.41. The summed E-state index contributed by atoms with van der Waals surface area (Å²) in [7, 11) is 0. The van der Waals surface area contributed by atoms with Crippen molar-refractivity contribution >= 4 is 0 Å². The van der Waals surface area contributed by atoms with E-state index < -0.39 is 5.97 Å². The molecule has 126 valence electrons. The number of furan rings is 1. The van der Waals surface area contributed by atoms with Gasteiger partial charge in [-0.3, -0.25) is 0 Å². The molecule has 0 unspecified atom stereocenters. The molecule has 0 fully saturated rings. The van der Waals surface area contributed by atoms with E-state index in [0.29, 0.717) is 17.1 Å². The number of nitrogens with one attached hydrogen (secondary N) is 1. The van der Waals surface area contributed by atoms with Crippen molar-refractivity contribution in [1.29, 1.82) is 0 Å². The van der Waals surface area contributed by atoms with Gasteiger partial charge in [-0.1, -0.05) is 37.6 Å². The Morgan fingerprint density at radius 1 is 1.21 bits per heavy atom. The summed E-state index contributed by atoms with van der Waals surface area (Å²) in [6.45, 7) is 4.08. The monoisotopic (exact) mass is 328 g/mol. The van der Waals surface area contributed by atoms with Crippen LogP contribution in [-0.2, 0) is 12.4 Å². The summed E-state index contributed by atoms with van der Waals surface area (Å²) < 4.78 is 5.56. The number of benzene rings is 1. The Morgan fingerprint density at radius 3 is 2.67 bits per heavy atom. The number of H-pyrrole nitrogens is 1. The van der Waals surface area contributed by atoms with E-state index in [-0.39, 0.29) is 5.56 Å². The van der Waals surface area contributed by atoms with E-state index >= 15 is 0 Å². The van der Waals surface area contributed by atoms with Crippen LogP contribution < -0.4 is 0 Å². The third kappa shape index (κ3) is 3.12. The minimum atomic E-state index is -2.93. The Bertz CT molecular complexity index is 843. The highest BCUT2D eigenvalue weighted by Gasteiger charge is 2.27. The zero-order valence-electron chi connectivity index (χ0n) is 13.6. The molecule has 3 aromatic rings. The SMILES string of the molecule is CCCc1nc(-c2coc(-c3ccccc3C(O)(O)O)c2)[nH]c1C. The van der Waals surface area contributed by atoms with Gasteiger partial charge >= 0.3 is 5.97 Å². The molecule has 2 heterocycles. The summed E-state index contributed by atoms with van der Waals surface area (Å²) in [6.07, 6.45) is 3.46. The number of aromatic nitrogens is 2. The van der Waals surface area contributed by atoms with Gasteiger partial charge in [0.15, 0.2) is 0 Å². The van der Waals surface area contributed by atoms with Crippen LogP contribution in [0.15, 0.2) is 41.0 Å². The third-order valence-corrected chi connectivity index (χ3v) is 3.90. The normalized spacial score (nSPS) is 11.9. The van der Waals surface area contributed by atoms with Crippen molar-refractivity contribution in [2.45, 2.75) is 32.7 Å². The van der Waals surface area contributed by atoms with Crippen LogP contribution in [0.1, 0.15) is 30.3 Å². The maximum absolute atomic E-state index is 9.50. The lowest BCUT2D eigenvalue weighted by molar-refractivity contribution is -0.323. The van der Waals surface area contributed by atoms with E-state index in [4.69, 9.17) is 4.42 Å². The lowest BCUT2D eigenvalue weighted by Crippen LogP contribution is -2.24. The van der Waals surface area contributed by atoms with Crippen LogP contribution in [0.3, 0.4) is 0 Å². The van der Waals surface area contributed by atoms with Gasteiger partial charge < -0.3 is 24.7 Å². The van der Waals surface area contributed by atoms with Crippen molar-refractivity contribution in [3.8, 4) is 22.7 Å². The van der Waals surface area contributed by atoms with Gasteiger partial charge in [0, 0.05) is 11.3 Å². The number of rotatable bonds is 5. The first-order valence-corrected chi connectivity index (χ1v) is 7.81. The van der Waals surface area contributed by atoms with Gasteiger partial charge in [-0.25, -0.2) is 4.98 Å². The number of nitrogens with zero attached hydrogens (tertiary/aromatic N) is 1. The lowest BCUT2D eigenvalue weighted by atomic mass is 10.0. The Morgan fingerprint density at radius 2 is 1.96 bits per heavy atom. The number of hydrogen-bond donors (Lipinski definition) is 4. The molecule has 0 atom stereocenters. The quantitative estimate of drug-likeness (QED) is 0.539. The van der Waals surface area contributed by atoms with Gasteiger partial charge in [0.25, 0.3) is 0 Å². The molecule has 0 radical (unpaired) electrons. The van der Waals surface area contributed by atoms with Gasteiger partial charge in [-0.05, 0) is 19.4 Å². The van der Waals surface area contributed by atoms with Gasteiger partial charge in [0.2, 0.25) is 0 Å². The molecular formula is C18H20N2O4. The first kappa shape index (κ1) is 16.4. The number of aromatic amines is 1. The van der Waals surface area contributed by atoms with Gasteiger partial charge in [-0.15, -0.1) is 0 Å². The molecule has 4 N–H and O–H groups in total. The molecule has 0 aliphatic carbocycles. The molecule has 0 amide bonds. The predicted octanol–water partition coefficient (Wildman–Crippen LogP) is 2.68. The number of imidazole rings is 1. The number of aliphatic hydroxyl groups is 3. The molecule has 0 bridgehead atoms. The van der Waals surface area contributed by atoms with Crippen LogP contribution >= 0.6 is 0 Å².